The first-order valence-electron chi connectivity index (χ1n) is 10.4. The first-order valence-corrected chi connectivity index (χ1v) is 10.4. The number of fused-ring (bicyclic) bond motifs is 1. The third-order valence-corrected chi connectivity index (χ3v) is 5.92. The minimum atomic E-state index is 0. The summed E-state index contributed by atoms with van der Waals surface area (Å²) in [5.74, 6) is 2.87. The highest BCUT2D eigenvalue weighted by atomic mass is 35.5. The largest absolute Gasteiger partial charge is 0.493 e. The summed E-state index contributed by atoms with van der Waals surface area (Å²) in [6.07, 6.45) is 2.94. The number of benzene rings is 1. The van der Waals surface area contributed by atoms with Crippen LogP contribution in [-0.4, -0.2) is 80.9 Å². The van der Waals surface area contributed by atoms with Gasteiger partial charge in [0.05, 0.1) is 27.0 Å². The summed E-state index contributed by atoms with van der Waals surface area (Å²) in [6, 6.07) is 4.04. The lowest BCUT2D eigenvalue weighted by Gasteiger charge is -2.33. The summed E-state index contributed by atoms with van der Waals surface area (Å²) < 4.78 is 16.4. The lowest BCUT2D eigenvalue weighted by Crippen LogP contribution is -2.45. The van der Waals surface area contributed by atoms with Crippen molar-refractivity contribution in [3.05, 3.63) is 35.2 Å². The molecule has 0 amide bonds. The van der Waals surface area contributed by atoms with E-state index in [1.807, 2.05) is 18.3 Å². The van der Waals surface area contributed by atoms with E-state index in [2.05, 4.69) is 26.7 Å². The molecule has 1 aromatic carbocycles. The Kier molecular flexibility index (Phi) is 9.64. The van der Waals surface area contributed by atoms with Gasteiger partial charge in [0.15, 0.2) is 11.5 Å². The number of methoxy groups -OCH3 is 3. The van der Waals surface area contributed by atoms with Gasteiger partial charge in [-0.15, -0.1) is 24.8 Å². The van der Waals surface area contributed by atoms with Crippen LogP contribution in [0.2, 0.25) is 0 Å². The Balaban J connectivity index is 0.00000181. The average molecular weight is 486 g/mol. The van der Waals surface area contributed by atoms with Gasteiger partial charge in [0, 0.05) is 64.0 Å². The molecule has 2 aliphatic heterocycles. The Hall–Kier alpha value is -2.00. The highest BCUT2D eigenvalue weighted by molar-refractivity contribution is 5.85. The molecule has 0 radical (unpaired) electrons. The van der Waals surface area contributed by atoms with Gasteiger partial charge in [-0.05, 0) is 24.7 Å². The van der Waals surface area contributed by atoms with Crippen LogP contribution < -0.4 is 19.1 Å². The minimum absolute atomic E-state index is 0. The maximum Gasteiger partial charge on any atom is 0.225 e. The van der Waals surface area contributed by atoms with Gasteiger partial charge in [0.1, 0.15) is 0 Å². The summed E-state index contributed by atoms with van der Waals surface area (Å²) in [5, 5.41) is 0. The van der Waals surface area contributed by atoms with Crippen LogP contribution in [0.25, 0.3) is 0 Å². The number of ether oxygens (including phenoxy) is 3. The zero-order valence-corrected chi connectivity index (χ0v) is 20.8. The van der Waals surface area contributed by atoms with Crippen molar-refractivity contribution < 1.29 is 14.2 Å². The maximum atomic E-state index is 5.49. The van der Waals surface area contributed by atoms with Gasteiger partial charge < -0.3 is 24.0 Å². The Labute approximate surface area is 202 Å². The Morgan fingerprint density at radius 1 is 0.906 bits per heavy atom. The fourth-order valence-corrected chi connectivity index (χ4v) is 4.14. The summed E-state index contributed by atoms with van der Waals surface area (Å²) >= 11 is 0. The number of rotatable bonds is 6. The topological polar surface area (TPSA) is 63.2 Å². The Bertz CT molecular complexity index is 869. The minimum Gasteiger partial charge on any atom is -0.493 e. The standard InChI is InChI=1S/C22H31N5O3.2ClH/c1-25-7-9-27(10-8-25)22-23-13-17-15-26(6-5-18(17)24-22)14-16-11-19(28-2)21(30-4)20(12-16)29-3;;/h11-13H,5-10,14-15H2,1-4H3;2*1H. The lowest BCUT2D eigenvalue weighted by atomic mass is 10.1. The highest BCUT2D eigenvalue weighted by Crippen LogP contribution is 2.38. The van der Waals surface area contributed by atoms with Gasteiger partial charge in [-0.3, -0.25) is 4.90 Å². The molecule has 4 rings (SSSR count). The smallest absolute Gasteiger partial charge is 0.225 e. The van der Waals surface area contributed by atoms with Gasteiger partial charge in [0.25, 0.3) is 0 Å². The number of likely N-dealkylation sites (N-methyl/N-ethyl adjacent to an activating group) is 1. The van der Waals surface area contributed by atoms with Crippen molar-refractivity contribution in [2.75, 3.05) is 66.0 Å². The third kappa shape index (κ3) is 5.67. The molecule has 0 unspecified atom stereocenters. The van der Waals surface area contributed by atoms with Crippen LogP contribution in [0.3, 0.4) is 0 Å². The zero-order chi connectivity index (χ0) is 21.1. The number of hydrogen-bond acceptors (Lipinski definition) is 8. The van der Waals surface area contributed by atoms with Crippen LogP contribution in [0.15, 0.2) is 18.3 Å². The molecule has 2 aromatic rings. The molecule has 32 heavy (non-hydrogen) atoms. The first kappa shape index (κ1) is 26.3. The molecule has 0 aliphatic carbocycles. The molecule has 2 aliphatic rings. The van der Waals surface area contributed by atoms with E-state index in [4.69, 9.17) is 19.2 Å². The van der Waals surface area contributed by atoms with Crippen molar-refractivity contribution in [2.45, 2.75) is 19.5 Å². The molecule has 178 valence electrons. The molecular formula is C22H33Cl2N5O3. The van der Waals surface area contributed by atoms with E-state index in [-0.39, 0.29) is 24.8 Å². The van der Waals surface area contributed by atoms with Crippen molar-refractivity contribution in [3.8, 4) is 17.2 Å². The number of aromatic nitrogens is 2. The quantitative estimate of drug-likeness (QED) is 0.618. The monoisotopic (exact) mass is 485 g/mol. The van der Waals surface area contributed by atoms with Crippen LogP contribution in [0.5, 0.6) is 17.2 Å². The maximum absolute atomic E-state index is 5.49. The number of hydrogen-bond donors (Lipinski definition) is 0. The molecule has 1 aromatic heterocycles. The van der Waals surface area contributed by atoms with E-state index in [1.165, 1.54) is 11.3 Å². The Morgan fingerprint density at radius 3 is 2.16 bits per heavy atom. The number of anilines is 1. The van der Waals surface area contributed by atoms with E-state index >= 15 is 0 Å². The summed E-state index contributed by atoms with van der Waals surface area (Å²) in [5.41, 5.74) is 3.52. The van der Waals surface area contributed by atoms with E-state index in [0.29, 0.717) is 17.2 Å². The number of nitrogens with zero attached hydrogens (tertiary/aromatic N) is 5. The first-order chi connectivity index (χ1) is 14.6. The molecule has 0 bridgehead atoms. The molecule has 1 saturated heterocycles. The molecule has 8 nitrogen and oxygen atoms in total. The zero-order valence-electron chi connectivity index (χ0n) is 19.2. The number of halogens is 2. The van der Waals surface area contributed by atoms with E-state index in [9.17, 15) is 0 Å². The van der Waals surface area contributed by atoms with Crippen molar-refractivity contribution in [2.24, 2.45) is 0 Å². The second-order valence-corrected chi connectivity index (χ2v) is 7.93. The molecule has 0 atom stereocenters. The van der Waals surface area contributed by atoms with Gasteiger partial charge in [-0.2, -0.15) is 0 Å². The predicted octanol–water partition coefficient (Wildman–Crippen LogP) is 2.66. The molecule has 0 saturated carbocycles. The summed E-state index contributed by atoms with van der Waals surface area (Å²) in [4.78, 5) is 16.6. The molecule has 0 N–H and O–H groups in total. The Morgan fingerprint density at radius 2 is 1.56 bits per heavy atom. The van der Waals surface area contributed by atoms with Crippen LogP contribution >= 0.6 is 24.8 Å². The number of piperazine rings is 1. The van der Waals surface area contributed by atoms with Gasteiger partial charge in [-0.25, -0.2) is 9.97 Å². The SMILES string of the molecule is COc1cc(CN2CCc3nc(N4CCN(C)CC4)ncc3C2)cc(OC)c1OC.Cl.Cl. The van der Waals surface area contributed by atoms with Gasteiger partial charge in [0.2, 0.25) is 11.7 Å². The van der Waals surface area contributed by atoms with Crippen molar-refractivity contribution in [1.82, 2.24) is 19.8 Å². The molecule has 3 heterocycles. The third-order valence-electron chi connectivity index (χ3n) is 5.92. The molecule has 10 heteroatoms. The molecular weight excluding hydrogens is 453 g/mol. The van der Waals surface area contributed by atoms with Crippen LogP contribution in [-0.2, 0) is 19.5 Å². The van der Waals surface area contributed by atoms with Gasteiger partial charge in [-0.1, -0.05) is 0 Å². The fourth-order valence-electron chi connectivity index (χ4n) is 4.14. The predicted molar refractivity (Wildman–Crippen MR) is 130 cm³/mol. The van der Waals surface area contributed by atoms with Crippen LogP contribution in [0.4, 0.5) is 5.95 Å². The van der Waals surface area contributed by atoms with E-state index in [0.717, 1.165) is 63.7 Å². The van der Waals surface area contributed by atoms with Crippen LogP contribution in [0, 0.1) is 0 Å². The molecule has 0 spiro atoms. The van der Waals surface area contributed by atoms with Crippen LogP contribution in [0.1, 0.15) is 16.8 Å². The normalized spacial score (nSPS) is 16.4. The fraction of sp³-hybridized carbons (Fsp3) is 0.545. The molecule has 1 fully saturated rings. The highest BCUT2D eigenvalue weighted by Gasteiger charge is 2.23. The second-order valence-electron chi connectivity index (χ2n) is 7.93. The lowest BCUT2D eigenvalue weighted by molar-refractivity contribution is 0.241. The van der Waals surface area contributed by atoms with Crippen molar-refractivity contribution >= 4 is 30.8 Å². The van der Waals surface area contributed by atoms with E-state index in [1.54, 1.807) is 21.3 Å². The summed E-state index contributed by atoms with van der Waals surface area (Å²) in [6.45, 7) is 6.70. The second kappa shape index (κ2) is 11.7. The van der Waals surface area contributed by atoms with Crippen molar-refractivity contribution in [1.29, 1.82) is 0 Å². The van der Waals surface area contributed by atoms with Gasteiger partial charge >= 0.3 is 0 Å². The van der Waals surface area contributed by atoms with E-state index < -0.39 is 0 Å². The average Bonchev–Trinajstić information content (AvgIpc) is 2.78. The van der Waals surface area contributed by atoms with Crippen molar-refractivity contribution in [3.63, 3.8) is 0 Å². The summed E-state index contributed by atoms with van der Waals surface area (Å²) in [7, 11) is 7.08.